The minimum atomic E-state index is -0.223. The van der Waals surface area contributed by atoms with Crippen molar-refractivity contribution >= 4 is 28.7 Å². The number of hydrogen-bond acceptors (Lipinski definition) is 4. The summed E-state index contributed by atoms with van der Waals surface area (Å²) in [5.41, 5.74) is 1.05. The maximum atomic E-state index is 12.2. The fourth-order valence-corrected chi connectivity index (χ4v) is 3.71. The van der Waals surface area contributed by atoms with Gasteiger partial charge >= 0.3 is 5.30 Å². The summed E-state index contributed by atoms with van der Waals surface area (Å²) in [5, 5.41) is 0.419. The Morgan fingerprint density at radius 1 is 1.19 bits per heavy atom. The summed E-state index contributed by atoms with van der Waals surface area (Å²) in [6.07, 6.45) is 12.4. The van der Waals surface area contributed by atoms with E-state index < -0.39 is 0 Å². The molecule has 0 aliphatic carbocycles. The molecule has 0 amide bonds. The molecular formula is C20H27ClN2O2S. The Balaban J connectivity index is 1.81. The van der Waals surface area contributed by atoms with E-state index in [0.717, 1.165) is 18.4 Å². The van der Waals surface area contributed by atoms with Crippen molar-refractivity contribution < 1.29 is 9.53 Å². The van der Waals surface area contributed by atoms with Crippen molar-refractivity contribution in [3.05, 3.63) is 53.6 Å². The van der Waals surface area contributed by atoms with Crippen LogP contribution in [0.5, 0.6) is 0 Å². The highest BCUT2D eigenvalue weighted by atomic mass is 35.5. The van der Waals surface area contributed by atoms with Gasteiger partial charge in [0.25, 0.3) is 0 Å². The summed E-state index contributed by atoms with van der Waals surface area (Å²) in [6.45, 7) is 3.36. The molecule has 0 fully saturated rings. The zero-order valence-electron chi connectivity index (χ0n) is 15.3. The van der Waals surface area contributed by atoms with Crippen LogP contribution in [0.2, 0.25) is 5.02 Å². The Morgan fingerprint density at radius 3 is 2.62 bits per heavy atom. The fourth-order valence-electron chi connectivity index (χ4n) is 2.66. The van der Waals surface area contributed by atoms with Crippen LogP contribution in [0.1, 0.15) is 56.3 Å². The molecule has 0 bridgehead atoms. The van der Waals surface area contributed by atoms with Gasteiger partial charge < -0.3 is 9.30 Å². The van der Waals surface area contributed by atoms with Crippen molar-refractivity contribution in [1.29, 1.82) is 0 Å². The number of aromatic nitrogens is 2. The summed E-state index contributed by atoms with van der Waals surface area (Å²) in [6, 6.07) is 7.61. The lowest BCUT2D eigenvalue weighted by atomic mass is 10.1. The monoisotopic (exact) mass is 394 g/mol. The van der Waals surface area contributed by atoms with Crippen LogP contribution in [0, 0.1) is 0 Å². The Morgan fingerprint density at radius 2 is 1.92 bits per heavy atom. The molecular weight excluding hydrogens is 368 g/mol. The van der Waals surface area contributed by atoms with E-state index in [0.29, 0.717) is 18.2 Å². The Kier molecular flexibility index (Phi) is 9.64. The predicted octanol–water partition coefficient (Wildman–Crippen LogP) is 6.51. The minimum absolute atomic E-state index is 0.0430. The number of ether oxygens (including phenoxy) is 1. The van der Waals surface area contributed by atoms with Gasteiger partial charge in [0.05, 0.1) is 18.2 Å². The number of imidazole rings is 1. The average Bonchev–Trinajstić information content (AvgIpc) is 3.14. The number of carbonyl (C=O) groups excluding carboxylic acids is 1. The number of nitrogens with zero attached hydrogens (tertiary/aromatic N) is 2. The second-order valence-electron chi connectivity index (χ2n) is 6.28. The van der Waals surface area contributed by atoms with E-state index in [2.05, 4.69) is 11.9 Å². The van der Waals surface area contributed by atoms with Gasteiger partial charge in [0, 0.05) is 24.0 Å². The molecule has 1 aromatic carbocycles. The van der Waals surface area contributed by atoms with Crippen LogP contribution in [-0.2, 0) is 11.3 Å². The number of rotatable bonds is 11. The normalized spacial score (nSPS) is 12.1. The third-order valence-electron chi connectivity index (χ3n) is 4.13. The Hall–Kier alpha value is -1.46. The second kappa shape index (κ2) is 12.0. The highest BCUT2D eigenvalue weighted by molar-refractivity contribution is 8.13. The van der Waals surface area contributed by atoms with Gasteiger partial charge in [0.1, 0.15) is 0 Å². The smallest absolute Gasteiger partial charge is 0.367 e. The Labute approximate surface area is 165 Å². The molecule has 0 N–H and O–H groups in total. The van der Waals surface area contributed by atoms with E-state index >= 15 is 0 Å². The summed E-state index contributed by atoms with van der Waals surface area (Å²) >= 11 is 7.20. The van der Waals surface area contributed by atoms with E-state index in [4.69, 9.17) is 16.3 Å². The van der Waals surface area contributed by atoms with E-state index in [-0.39, 0.29) is 10.6 Å². The molecule has 0 radical (unpaired) electrons. The van der Waals surface area contributed by atoms with E-state index in [1.807, 2.05) is 35.0 Å². The van der Waals surface area contributed by atoms with Crippen LogP contribution in [-0.4, -0.2) is 21.5 Å². The molecule has 6 heteroatoms. The maximum absolute atomic E-state index is 12.2. The van der Waals surface area contributed by atoms with Crippen LogP contribution < -0.4 is 0 Å². The van der Waals surface area contributed by atoms with E-state index in [1.165, 1.54) is 37.4 Å². The van der Waals surface area contributed by atoms with Crippen molar-refractivity contribution in [2.45, 2.75) is 57.2 Å². The molecule has 0 saturated carbocycles. The number of benzene rings is 1. The molecule has 2 aromatic rings. The molecule has 0 saturated heterocycles. The summed E-state index contributed by atoms with van der Waals surface area (Å²) in [7, 11) is 0. The summed E-state index contributed by atoms with van der Waals surface area (Å²) in [4.78, 5) is 16.3. The number of hydrogen-bond donors (Lipinski definition) is 0. The van der Waals surface area contributed by atoms with Crippen molar-refractivity contribution in [3.63, 3.8) is 0 Å². The third-order valence-corrected chi connectivity index (χ3v) is 5.40. The fraction of sp³-hybridized carbons (Fsp3) is 0.500. The number of unbranched alkanes of at least 4 members (excludes halogenated alkanes) is 5. The first-order valence-corrected chi connectivity index (χ1v) is 10.5. The van der Waals surface area contributed by atoms with Crippen LogP contribution in [0.25, 0.3) is 0 Å². The number of carbonyl (C=O) groups is 1. The van der Waals surface area contributed by atoms with Crippen LogP contribution in [0.15, 0.2) is 43.0 Å². The lowest BCUT2D eigenvalue weighted by Crippen LogP contribution is -2.09. The van der Waals surface area contributed by atoms with Gasteiger partial charge in [-0.25, -0.2) is 9.78 Å². The first-order chi connectivity index (χ1) is 12.7. The third kappa shape index (κ3) is 7.83. The molecule has 26 heavy (non-hydrogen) atoms. The zero-order valence-corrected chi connectivity index (χ0v) is 16.8. The molecule has 1 unspecified atom stereocenters. The molecule has 0 aliphatic rings. The quantitative estimate of drug-likeness (QED) is 0.322. The molecule has 1 atom stereocenters. The van der Waals surface area contributed by atoms with Crippen molar-refractivity contribution in [1.82, 2.24) is 9.55 Å². The SMILES string of the molecule is CCCCCCCCOC(=O)SC(Cn1ccnc1)c1ccc(Cl)cc1. The van der Waals surface area contributed by atoms with Crippen molar-refractivity contribution in [2.24, 2.45) is 0 Å². The second-order valence-corrected chi connectivity index (χ2v) is 7.86. The van der Waals surface area contributed by atoms with Crippen LogP contribution in [0.3, 0.4) is 0 Å². The summed E-state index contributed by atoms with van der Waals surface area (Å²) in [5.74, 6) is 0. The number of halogens is 1. The zero-order chi connectivity index (χ0) is 18.6. The molecule has 2 rings (SSSR count). The molecule has 4 nitrogen and oxygen atoms in total. The van der Waals surface area contributed by atoms with E-state index in [1.54, 1.807) is 12.5 Å². The van der Waals surface area contributed by atoms with Gasteiger partial charge in [-0.1, -0.05) is 62.8 Å². The predicted molar refractivity (Wildman–Crippen MR) is 109 cm³/mol. The van der Waals surface area contributed by atoms with Gasteiger partial charge in [0.2, 0.25) is 0 Å². The lowest BCUT2D eigenvalue weighted by Gasteiger charge is -2.17. The van der Waals surface area contributed by atoms with Gasteiger partial charge in [-0.05, 0) is 35.9 Å². The number of thioether (sulfide) groups is 1. The highest BCUT2D eigenvalue weighted by Gasteiger charge is 2.18. The van der Waals surface area contributed by atoms with Gasteiger partial charge in [-0.15, -0.1) is 0 Å². The molecule has 1 aromatic heterocycles. The molecule has 1 heterocycles. The minimum Gasteiger partial charge on any atom is -0.458 e. The standard InChI is InChI=1S/C20H27ClN2O2S/c1-2-3-4-5-6-7-14-25-20(24)26-19(15-23-13-12-22-16-23)17-8-10-18(21)11-9-17/h8-13,16,19H,2-7,14-15H2,1H3. The highest BCUT2D eigenvalue weighted by Crippen LogP contribution is 2.32. The molecule has 0 spiro atoms. The lowest BCUT2D eigenvalue weighted by molar-refractivity contribution is 0.172. The largest absolute Gasteiger partial charge is 0.458 e. The van der Waals surface area contributed by atoms with Crippen LogP contribution >= 0.6 is 23.4 Å². The van der Waals surface area contributed by atoms with Gasteiger partial charge in [0.15, 0.2) is 0 Å². The first-order valence-electron chi connectivity index (χ1n) is 9.23. The molecule has 0 aliphatic heterocycles. The van der Waals surface area contributed by atoms with Gasteiger partial charge in [-0.2, -0.15) is 0 Å². The average molecular weight is 395 g/mol. The van der Waals surface area contributed by atoms with Gasteiger partial charge in [-0.3, -0.25) is 0 Å². The Bertz CT molecular complexity index is 632. The first kappa shape index (κ1) is 20.8. The topological polar surface area (TPSA) is 44.1 Å². The van der Waals surface area contributed by atoms with Crippen molar-refractivity contribution in [2.75, 3.05) is 6.61 Å². The summed E-state index contributed by atoms with van der Waals surface area (Å²) < 4.78 is 7.38. The molecule has 142 valence electrons. The van der Waals surface area contributed by atoms with Crippen LogP contribution in [0.4, 0.5) is 4.79 Å². The van der Waals surface area contributed by atoms with Crippen molar-refractivity contribution in [3.8, 4) is 0 Å². The van der Waals surface area contributed by atoms with E-state index in [9.17, 15) is 4.79 Å². The maximum Gasteiger partial charge on any atom is 0.367 e.